The van der Waals surface area contributed by atoms with Crippen LogP contribution in [-0.2, 0) is 11.3 Å². The molecule has 1 amide bonds. The van der Waals surface area contributed by atoms with Crippen molar-refractivity contribution < 1.29 is 9.90 Å². The summed E-state index contributed by atoms with van der Waals surface area (Å²) >= 11 is 0. The fourth-order valence-corrected chi connectivity index (χ4v) is 2.64. The smallest absolute Gasteiger partial charge is 0.226 e. The first-order chi connectivity index (χ1) is 9.11. The highest BCUT2D eigenvalue weighted by atomic mass is 16.3. The van der Waals surface area contributed by atoms with E-state index in [0.717, 1.165) is 18.7 Å². The Morgan fingerprint density at radius 2 is 2.32 bits per heavy atom. The quantitative estimate of drug-likeness (QED) is 0.844. The fraction of sp³-hybridized carbons (Fsp3) is 0.571. The lowest BCUT2D eigenvalue weighted by Gasteiger charge is -2.19. The number of nitrogens with zero attached hydrogens (tertiary/aromatic N) is 3. The van der Waals surface area contributed by atoms with Gasteiger partial charge >= 0.3 is 0 Å². The highest BCUT2D eigenvalue weighted by Gasteiger charge is 2.37. The Kier molecular flexibility index (Phi) is 4.50. The van der Waals surface area contributed by atoms with E-state index >= 15 is 0 Å². The molecule has 104 valence electrons. The SMILES string of the molecule is CN(C)C(=O)[C@@H]1CN(Cc2cccnc2)C[C@H]1CO. The number of rotatable bonds is 4. The number of hydrogen-bond donors (Lipinski definition) is 1. The molecular weight excluding hydrogens is 242 g/mol. The maximum absolute atomic E-state index is 12.1. The van der Waals surface area contributed by atoms with Crippen LogP contribution < -0.4 is 0 Å². The molecule has 2 heterocycles. The summed E-state index contributed by atoms with van der Waals surface area (Å²) in [6, 6.07) is 3.94. The summed E-state index contributed by atoms with van der Waals surface area (Å²) in [6.45, 7) is 2.31. The monoisotopic (exact) mass is 263 g/mol. The molecule has 0 aromatic carbocycles. The molecule has 1 fully saturated rings. The van der Waals surface area contributed by atoms with E-state index in [1.165, 1.54) is 0 Å². The van der Waals surface area contributed by atoms with E-state index in [4.69, 9.17) is 0 Å². The summed E-state index contributed by atoms with van der Waals surface area (Å²) in [4.78, 5) is 20.0. The van der Waals surface area contributed by atoms with E-state index in [-0.39, 0.29) is 24.3 Å². The predicted octanol–water partition coefficient (Wildman–Crippen LogP) is 0.210. The number of hydrogen-bond acceptors (Lipinski definition) is 4. The Morgan fingerprint density at radius 3 is 2.89 bits per heavy atom. The van der Waals surface area contributed by atoms with Crippen LogP contribution in [0.4, 0.5) is 0 Å². The van der Waals surface area contributed by atoms with Crippen molar-refractivity contribution in [2.24, 2.45) is 11.8 Å². The van der Waals surface area contributed by atoms with Gasteiger partial charge in [-0.2, -0.15) is 0 Å². The molecule has 0 aliphatic carbocycles. The normalized spacial score (nSPS) is 23.5. The van der Waals surface area contributed by atoms with Crippen LogP contribution in [0, 0.1) is 11.8 Å². The van der Waals surface area contributed by atoms with Gasteiger partial charge in [0.25, 0.3) is 0 Å². The molecule has 1 aliphatic heterocycles. The first-order valence-electron chi connectivity index (χ1n) is 6.55. The van der Waals surface area contributed by atoms with Gasteiger partial charge in [0.05, 0.1) is 5.92 Å². The third-order valence-electron chi connectivity index (χ3n) is 3.64. The summed E-state index contributed by atoms with van der Waals surface area (Å²) in [6.07, 6.45) is 3.59. The minimum absolute atomic E-state index is 0.0339. The van der Waals surface area contributed by atoms with Crippen molar-refractivity contribution in [3.05, 3.63) is 30.1 Å². The Balaban J connectivity index is 2.01. The van der Waals surface area contributed by atoms with Crippen molar-refractivity contribution >= 4 is 5.91 Å². The standard InChI is InChI=1S/C14H21N3O2/c1-16(2)14(19)13-9-17(8-12(13)10-18)7-11-4-3-5-15-6-11/h3-6,12-13,18H,7-10H2,1-2H3/t12-,13+/m0/s1. The van der Waals surface area contributed by atoms with Crippen LogP contribution in [0.5, 0.6) is 0 Å². The maximum Gasteiger partial charge on any atom is 0.226 e. The Morgan fingerprint density at radius 1 is 1.53 bits per heavy atom. The summed E-state index contributed by atoms with van der Waals surface area (Å²) in [5.74, 6) is 0.0379. The van der Waals surface area contributed by atoms with Crippen LogP contribution in [0.3, 0.4) is 0 Å². The first kappa shape index (κ1) is 14.0. The molecule has 2 rings (SSSR count). The van der Waals surface area contributed by atoms with Gasteiger partial charge < -0.3 is 10.0 Å². The van der Waals surface area contributed by atoms with Crippen LogP contribution in [0.25, 0.3) is 0 Å². The van der Waals surface area contributed by atoms with Crippen LogP contribution in [0.2, 0.25) is 0 Å². The summed E-state index contributed by atoms with van der Waals surface area (Å²) in [7, 11) is 3.53. The third-order valence-corrected chi connectivity index (χ3v) is 3.64. The molecule has 1 saturated heterocycles. The van der Waals surface area contributed by atoms with Crippen molar-refractivity contribution in [2.75, 3.05) is 33.8 Å². The van der Waals surface area contributed by atoms with E-state index in [0.29, 0.717) is 6.54 Å². The number of aromatic nitrogens is 1. The summed E-state index contributed by atoms with van der Waals surface area (Å²) < 4.78 is 0. The lowest BCUT2D eigenvalue weighted by molar-refractivity contribution is -0.134. The number of carbonyl (C=O) groups is 1. The lowest BCUT2D eigenvalue weighted by atomic mass is 9.96. The number of pyridine rings is 1. The number of amides is 1. The minimum atomic E-state index is -0.100. The van der Waals surface area contributed by atoms with Gasteiger partial charge in [-0.1, -0.05) is 6.07 Å². The largest absolute Gasteiger partial charge is 0.396 e. The van der Waals surface area contributed by atoms with Crippen molar-refractivity contribution in [1.29, 1.82) is 0 Å². The molecule has 0 radical (unpaired) electrons. The number of carbonyl (C=O) groups excluding carboxylic acids is 1. The van der Waals surface area contributed by atoms with E-state index in [2.05, 4.69) is 9.88 Å². The number of aliphatic hydroxyl groups excluding tert-OH is 1. The van der Waals surface area contributed by atoms with Crippen LogP contribution in [-0.4, -0.2) is 59.6 Å². The van der Waals surface area contributed by atoms with Gasteiger partial charge in [0, 0.05) is 58.6 Å². The zero-order valence-electron chi connectivity index (χ0n) is 11.5. The highest BCUT2D eigenvalue weighted by molar-refractivity contribution is 5.79. The number of aliphatic hydroxyl groups is 1. The zero-order valence-corrected chi connectivity index (χ0v) is 11.5. The molecular formula is C14H21N3O2. The zero-order chi connectivity index (χ0) is 13.8. The molecule has 0 spiro atoms. The van der Waals surface area contributed by atoms with Crippen LogP contribution in [0.1, 0.15) is 5.56 Å². The van der Waals surface area contributed by atoms with E-state index < -0.39 is 0 Å². The summed E-state index contributed by atoms with van der Waals surface area (Å²) in [5, 5.41) is 9.44. The Labute approximate surface area is 113 Å². The Bertz CT molecular complexity index is 422. The summed E-state index contributed by atoms with van der Waals surface area (Å²) in [5.41, 5.74) is 1.14. The third kappa shape index (κ3) is 3.30. The van der Waals surface area contributed by atoms with Gasteiger partial charge in [-0.25, -0.2) is 0 Å². The minimum Gasteiger partial charge on any atom is -0.396 e. The topological polar surface area (TPSA) is 56.7 Å². The van der Waals surface area contributed by atoms with Gasteiger partial charge in [-0.15, -0.1) is 0 Å². The molecule has 0 saturated carbocycles. The average molecular weight is 263 g/mol. The second-order valence-electron chi connectivity index (χ2n) is 5.34. The fourth-order valence-electron chi connectivity index (χ4n) is 2.64. The van der Waals surface area contributed by atoms with Crippen molar-refractivity contribution in [2.45, 2.75) is 6.54 Å². The first-order valence-corrected chi connectivity index (χ1v) is 6.55. The molecule has 1 N–H and O–H groups in total. The second-order valence-corrected chi connectivity index (χ2v) is 5.34. The molecule has 1 aromatic rings. The highest BCUT2D eigenvalue weighted by Crippen LogP contribution is 2.25. The molecule has 0 bridgehead atoms. The predicted molar refractivity (Wildman–Crippen MR) is 72.3 cm³/mol. The number of likely N-dealkylation sites (tertiary alicyclic amines) is 1. The average Bonchev–Trinajstić information content (AvgIpc) is 2.81. The molecule has 2 atom stereocenters. The van der Waals surface area contributed by atoms with E-state index in [1.807, 2.05) is 18.3 Å². The molecule has 5 nitrogen and oxygen atoms in total. The van der Waals surface area contributed by atoms with E-state index in [9.17, 15) is 9.90 Å². The van der Waals surface area contributed by atoms with Crippen molar-refractivity contribution in [1.82, 2.24) is 14.8 Å². The molecule has 19 heavy (non-hydrogen) atoms. The molecule has 5 heteroatoms. The van der Waals surface area contributed by atoms with Gasteiger partial charge in [0.2, 0.25) is 5.91 Å². The van der Waals surface area contributed by atoms with Crippen molar-refractivity contribution in [3.8, 4) is 0 Å². The molecule has 1 aliphatic rings. The Hall–Kier alpha value is -1.46. The van der Waals surface area contributed by atoms with Crippen LogP contribution >= 0.6 is 0 Å². The van der Waals surface area contributed by atoms with E-state index in [1.54, 1.807) is 25.2 Å². The van der Waals surface area contributed by atoms with Crippen LogP contribution in [0.15, 0.2) is 24.5 Å². The van der Waals surface area contributed by atoms with Gasteiger partial charge in [-0.3, -0.25) is 14.7 Å². The van der Waals surface area contributed by atoms with Gasteiger partial charge in [0.1, 0.15) is 0 Å². The van der Waals surface area contributed by atoms with Gasteiger partial charge in [-0.05, 0) is 11.6 Å². The molecule has 0 unspecified atom stereocenters. The maximum atomic E-state index is 12.1. The molecule has 1 aromatic heterocycles. The lowest BCUT2D eigenvalue weighted by Crippen LogP contribution is -2.35. The second kappa shape index (κ2) is 6.12. The van der Waals surface area contributed by atoms with Crippen molar-refractivity contribution in [3.63, 3.8) is 0 Å². The van der Waals surface area contributed by atoms with Gasteiger partial charge in [0.15, 0.2) is 0 Å².